The van der Waals surface area contributed by atoms with E-state index in [1.54, 1.807) is 12.1 Å². The summed E-state index contributed by atoms with van der Waals surface area (Å²) in [5.74, 6) is 0. The Morgan fingerprint density at radius 3 is 2.50 bits per heavy atom. The maximum absolute atomic E-state index is 12.3. The number of ether oxygens (including phenoxy) is 1. The second kappa shape index (κ2) is 5.02. The highest BCUT2D eigenvalue weighted by atomic mass is 19.3. The van der Waals surface area contributed by atoms with Gasteiger partial charge in [0.2, 0.25) is 0 Å². The predicted molar refractivity (Wildman–Crippen MR) is 50.2 cm³/mol. The Morgan fingerprint density at radius 2 is 2.00 bits per heavy atom. The van der Waals surface area contributed by atoms with Crippen LogP contribution in [0.4, 0.5) is 8.78 Å². The van der Waals surface area contributed by atoms with Crippen molar-refractivity contribution in [2.45, 2.75) is 12.5 Å². The molecule has 0 aromatic heterocycles. The molecule has 0 aliphatic rings. The monoisotopic (exact) mass is 201 g/mol. The molecule has 1 aromatic rings. The minimum absolute atomic E-state index is 0.00185. The van der Waals surface area contributed by atoms with E-state index in [9.17, 15) is 8.78 Å². The molecule has 0 bridgehead atoms. The zero-order chi connectivity index (χ0) is 10.6. The summed E-state index contributed by atoms with van der Waals surface area (Å²) >= 11 is 0. The lowest BCUT2D eigenvalue weighted by Crippen LogP contribution is -2.14. The zero-order valence-electron chi connectivity index (χ0n) is 7.91. The lowest BCUT2D eigenvalue weighted by Gasteiger charge is -2.13. The van der Waals surface area contributed by atoms with E-state index in [0.717, 1.165) is 0 Å². The maximum Gasteiger partial charge on any atom is 0.263 e. The third-order valence-corrected chi connectivity index (χ3v) is 2.03. The van der Waals surface area contributed by atoms with E-state index in [-0.39, 0.29) is 18.2 Å². The fourth-order valence-corrected chi connectivity index (χ4v) is 1.26. The van der Waals surface area contributed by atoms with Gasteiger partial charge in [-0.25, -0.2) is 8.78 Å². The molecule has 1 rings (SSSR count). The molecule has 2 N–H and O–H groups in total. The topological polar surface area (TPSA) is 35.2 Å². The van der Waals surface area contributed by atoms with Crippen LogP contribution in [-0.4, -0.2) is 13.7 Å². The van der Waals surface area contributed by atoms with Crippen LogP contribution in [0.15, 0.2) is 24.3 Å². The van der Waals surface area contributed by atoms with Gasteiger partial charge in [-0.15, -0.1) is 0 Å². The van der Waals surface area contributed by atoms with E-state index in [2.05, 4.69) is 0 Å². The van der Waals surface area contributed by atoms with Gasteiger partial charge >= 0.3 is 0 Å². The van der Waals surface area contributed by atoms with Crippen LogP contribution in [0, 0.1) is 0 Å². The molecule has 0 heterocycles. The number of benzene rings is 1. The summed E-state index contributed by atoms with van der Waals surface area (Å²) in [6, 6.07) is 6.12. The average Bonchev–Trinajstić information content (AvgIpc) is 2.20. The van der Waals surface area contributed by atoms with Gasteiger partial charge in [-0.1, -0.05) is 18.2 Å². The van der Waals surface area contributed by atoms with Crippen LogP contribution in [0.5, 0.6) is 0 Å². The van der Waals surface area contributed by atoms with Crippen molar-refractivity contribution < 1.29 is 13.5 Å². The molecule has 4 heteroatoms. The number of rotatable bonds is 4. The Bertz CT molecular complexity index is 287. The summed E-state index contributed by atoms with van der Waals surface area (Å²) in [5.41, 5.74) is 6.11. The highest BCUT2D eigenvalue weighted by Gasteiger charge is 2.12. The molecule has 0 spiro atoms. The molecule has 14 heavy (non-hydrogen) atoms. The molecule has 1 atom stereocenters. The van der Waals surface area contributed by atoms with Crippen molar-refractivity contribution in [1.82, 2.24) is 0 Å². The molecular formula is C10H13F2NO. The van der Waals surface area contributed by atoms with Gasteiger partial charge in [0.1, 0.15) is 0 Å². The van der Waals surface area contributed by atoms with Gasteiger partial charge in [0.25, 0.3) is 6.43 Å². The van der Waals surface area contributed by atoms with E-state index in [0.29, 0.717) is 5.56 Å². The van der Waals surface area contributed by atoms with E-state index in [1.165, 1.54) is 19.2 Å². The van der Waals surface area contributed by atoms with E-state index < -0.39 is 6.43 Å². The van der Waals surface area contributed by atoms with Crippen molar-refractivity contribution in [1.29, 1.82) is 0 Å². The minimum Gasteiger partial charge on any atom is -0.375 e. The normalized spacial score (nSPS) is 13.2. The average molecular weight is 201 g/mol. The van der Waals surface area contributed by atoms with Gasteiger partial charge in [0.15, 0.2) is 0 Å². The van der Waals surface area contributed by atoms with E-state index in [4.69, 9.17) is 10.5 Å². The summed E-state index contributed by atoms with van der Waals surface area (Å²) in [7, 11) is 1.51. The first kappa shape index (κ1) is 11.1. The number of alkyl halides is 2. The van der Waals surface area contributed by atoms with Crippen molar-refractivity contribution >= 4 is 0 Å². The first-order valence-electron chi connectivity index (χ1n) is 4.30. The SMILES string of the molecule is COC(CN)c1cccc(C(F)F)c1. The number of halogens is 2. The molecule has 0 aliphatic heterocycles. The molecule has 0 aliphatic carbocycles. The largest absolute Gasteiger partial charge is 0.375 e. The van der Waals surface area contributed by atoms with Gasteiger partial charge in [0.05, 0.1) is 6.10 Å². The zero-order valence-corrected chi connectivity index (χ0v) is 7.91. The summed E-state index contributed by atoms with van der Waals surface area (Å²) in [4.78, 5) is 0. The van der Waals surface area contributed by atoms with Crippen molar-refractivity contribution in [2.24, 2.45) is 5.73 Å². The highest BCUT2D eigenvalue weighted by molar-refractivity contribution is 5.26. The maximum atomic E-state index is 12.3. The van der Waals surface area contributed by atoms with Crippen molar-refractivity contribution in [3.63, 3.8) is 0 Å². The van der Waals surface area contributed by atoms with Gasteiger partial charge in [-0.3, -0.25) is 0 Å². The van der Waals surface area contributed by atoms with Gasteiger partial charge < -0.3 is 10.5 Å². The highest BCUT2D eigenvalue weighted by Crippen LogP contribution is 2.23. The molecule has 0 saturated heterocycles. The number of nitrogens with two attached hydrogens (primary N) is 1. The van der Waals surface area contributed by atoms with Gasteiger partial charge in [-0.2, -0.15) is 0 Å². The van der Waals surface area contributed by atoms with Crippen LogP contribution in [0.2, 0.25) is 0 Å². The third-order valence-electron chi connectivity index (χ3n) is 2.03. The second-order valence-electron chi connectivity index (χ2n) is 2.93. The molecule has 78 valence electrons. The van der Waals surface area contributed by atoms with Crippen molar-refractivity contribution in [3.05, 3.63) is 35.4 Å². The molecule has 0 amide bonds. The molecule has 1 unspecified atom stereocenters. The first-order chi connectivity index (χ1) is 6.69. The van der Waals surface area contributed by atoms with Crippen LogP contribution in [0.1, 0.15) is 23.7 Å². The van der Waals surface area contributed by atoms with Crippen molar-refractivity contribution in [3.8, 4) is 0 Å². The fraction of sp³-hybridized carbons (Fsp3) is 0.400. The Morgan fingerprint density at radius 1 is 1.36 bits per heavy atom. The van der Waals surface area contributed by atoms with E-state index in [1.807, 2.05) is 0 Å². The quantitative estimate of drug-likeness (QED) is 0.811. The van der Waals surface area contributed by atoms with Crippen LogP contribution in [0.25, 0.3) is 0 Å². The predicted octanol–water partition coefficient (Wildman–Crippen LogP) is 2.27. The minimum atomic E-state index is -2.45. The molecule has 1 aromatic carbocycles. The van der Waals surface area contributed by atoms with Gasteiger partial charge in [-0.05, 0) is 11.6 Å². The first-order valence-corrected chi connectivity index (χ1v) is 4.30. The molecule has 0 radical (unpaired) electrons. The number of hydrogen-bond donors (Lipinski definition) is 1. The van der Waals surface area contributed by atoms with Crippen LogP contribution in [-0.2, 0) is 4.74 Å². The Balaban J connectivity index is 2.92. The summed E-state index contributed by atoms with van der Waals surface area (Å²) in [6.07, 6.45) is -2.76. The lowest BCUT2D eigenvalue weighted by atomic mass is 10.1. The van der Waals surface area contributed by atoms with Gasteiger partial charge in [0, 0.05) is 19.2 Å². The standard InChI is InChI=1S/C10H13F2NO/c1-14-9(6-13)7-3-2-4-8(5-7)10(11)12/h2-5,9-10H,6,13H2,1H3. The molecule has 0 fully saturated rings. The van der Waals surface area contributed by atoms with Crippen LogP contribution < -0.4 is 5.73 Å². The number of methoxy groups -OCH3 is 1. The van der Waals surface area contributed by atoms with Crippen LogP contribution >= 0.6 is 0 Å². The summed E-state index contributed by atoms with van der Waals surface area (Å²) in [6.45, 7) is 0.281. The molecule has 0 saturated carbocycles. The summed E-state index contributed by atoms with van der Waals surface area (Å²) in [5, 5.41) is 0. The fourth-order valence-electron chi connectivity index (χ4n) is 1.26. The number of hydrogen-bond acceptors (Lipinski definition) is 2. The Labute approximate surface area is 81.7 Å². The molecule has 2 nitrogen and oxygen atoms in total. The third kappa shape index (κ3) is 2.49. The second-order valence-corrected chi connectivity index (χ2v) is 2.93. The van der Waals surface area contributed by atoms with E-state index >= 15 is 0 Å². The Hall–Kier alpha value is -1.00. The molecular weight excluding hydrogens is 188 g/mol. The van der Waals surface area contributed by atoms with Crippen LogP contribution in [0.3, 0.4) is 0 Å². The summed E-state index contributed by atoms with van der Waals surface area (Å²) < 4.78 is 29.7. The van der Waals surface area contributed by atoms with Crippen molar-refractivity contribution in [2.75, 3.05) is 13.7 Å². The lowest BCUT2D eigenvalue weighted by molar-refractivity contribution is 0.109. The Kier molecular flexibility index (Phi) is 3.98. The smallest absolute Gasteiger partial charge is 0.263 e.